The van der Waals surface area contributed by atoms with Gasteiger partial charge in [-0.15, -0.1) is 0 Å². The maximum absolute atomic E-state index is 13.6. The summed E-state index contributed by atoms with van der Waals surface area (Å²) >= 11 is 0. The fourth-order valence-corrected chi connectivity index (χ4v) is 3.91. The highest BCUT2D eigenvalue weighted by Gasteiger charge is 2.21. The molecule has 0 heterocycles. The van der Waals surface area contributed by atoms with Crippen LogP contribution in [-0.4, -0.2) is 27.9 Å². The molecule has 0 atom stereocenters. The summed E-state index contributed by atoms with van der Waals surface area (Å²) in [5, 5.41) is 5.12. The number of hydrogen-bond acceptors (Lipinski definition) is 4. The number of halogens is 2. The molecule has 0 aliphatic heterocycles. The predicted octanol–water partition coefficient (Wildman–Crippen LogP) is 3.84. The molecule has 6 nitrogen and oxygen atoms in total. The van der Waals surface area contributed by atoms with Crippen molar-refractivity contribution in [3.63, 3.8) is 0 Å². The van der Waals surface area contributed by atoms with Crippen molar-refractivity contribution in [3.8, 4) is 0 Å². The molecule has 0 bridgehead atoms. The quantitative estimate of drug-likeness (QED) is 0.596. The Balaban J connectivity index is 1.68. The topological polar surface area (TPSA) is 78.5 Å². The van der Waals surface area contributed by atoms with Crippen molar-refractivity contribution < 1.29 is 22.0 Å². The second-order valence-electron chi connectivity index (χ2n) is 6.36. The number of benzene rings is 3. The Morgan fingerprint density at radius 3 is 2.40 bits per heavy atom. The minimum atomic E-state index is -3.80. The average Bonchev–Trinajstić information content (AvgIpc) is 2.74. The van der Waals surface area contributed by atoms with Gasteiger partial charge in [0, 0.05) is 18.8 Å². The molecule has 3 rings (SSSR count). The van der Waals surface area contributed by atoms with Gasteiger partial charge in [-0.2, -0.15) is 0 Å². The van der Waals surface area contributed by atoms with Crippen molar-refractivity contribution in [2.45, 2.75) is 4.90 Å². The number of hydrogen-bond donors (Lipinski definition) is 2. The third kappa shape index (κ3) is 4.93. The number of sulfonamides is 1. The maximum atomic E-state index is 13.6. The summed E-state index contributed by atoms with van der Waals surface area (Å²) in [6.07, 6.45) is 0. The number of anilines is 3. The molecule has 0 aromatic heterocycles. The fourth-order valence-electron chi connectivity index (χ4n) is 2.67. The molecule has 30 heavy (non-hydrogen) atoms. The number of para-hydroxylation sites is 1. The van der Waals surface area contributed by atoms with E-state index in [1.165, 1.54) is 19.2 Å². The first kappa shape index (κ1) is 21.3. The van der Waals surface area contributed by atoms with Gasteiger partial charge in [-0.1, -0.05) is 24.3 Å². The van der Waals surface area contributed by atoms with Crippen molar-refractivity contribution in [1.82, 2.24) is 0 Å². The van der Waals surface area contributed by atoms with Crippen molar-refractivity contribution in [1.29, 1.82) is 0 Å². The first-order valence-electron chi connectivity index (χ1n) is 8.90. The first-order valence-corrected chi connectivity index (χ1v) is 10.3. The van der Waals surface area contributed by atoms with Crippen LogP contribution in [0.15, 0.2) is 77.7 Å². The lowest BCUT2D eigenvalue weighted by Crippen LogP contribution is -2.26. The summed E-state index contributed by atoms with van der Waals surface area (Å²) in [6.45, 7) is -0.241. The van der Waals surface area contributed by atoms with Crippen molar-refractivity contribution in [2.24, 2.45) is 0 Å². The molecular formula is C21H19F2N3O3S. The Labute approximate surface area is 173 Å². The SMILES string of the molecule is CN(c1ccccc1)S(=O)(=O)c1cccc(NCC(=O)Nc2ccc(F)cc2F)c1. The Hall–Kier alpha value is -3.46. The second kappa shape index (κ2) is 8.91. The van der Waals surface area contributed by atoms with E-state index >= 15 is 0 Å². The molecule has 0 spiro atoms. The van der Waals surface area contributed by atoms with E-state index in [0.29, 0.717) is 17.4 Å². The average molecular weight is 431 g/mol. The van der Waals surface area contributed by atoms with Gasteiger partial charge in [-0.3, -0.25) is 9.10 Å². The lowest BCUT2D eigenvalue weighted by atomic mass is 10.3. The van der Waals surface area contributed by atoms with Crippen molar-refractivity contribution >= 4 is 33.0 Å². The van der Waals surface area contributed by atoms with Gasteiger partial charge >= 0.3 is 0 Å². The van der Waals surface area contributed by atoms with Crippen LogP contribution in [0.25, 0.3) is 0 Å². The van der Waals surface area contributed by atoms with Gasteiger partial charge in [0.25, 0.3) is 10.0 Å². The third-order valence-electron chi connectivity index (χ3n) is 4.27. The number of carbonyl (C=O) groups excluding carboxylic acids is 1. The Morgan fingerprint density at radius 1 is 0.967 bits per heavy atom. The number of rotatable bonds is 7. The first-order chi connectivity index (χ1) is 14.3. The van der Waals surface area contributed by atoms with E-state index < -0.39 is 27.6 Å². The summed E-state index contributed by atoms with van der Waals surface area (Å²) < 4.78 is 53.5. The molecule has 0 radical (unpaired) electrons. The van der Waals surface area contributed by atoms with E-state index in [-0.39, 0.29) is 17.1 Å². The molecule has 0 saturated heterocycles. The van der Waals surface area contributed by atoms with Gasteiger partial charge in [0.15, 0.2) is 0 Å². The molecule has 1 amide bonds. The van der Waals surface area contributed by atoms with E-state index in [2.05, 4.69) is 10.6 Å². The van der Waals surface area contributed by atoms with Gasteiger partial charge in [0.2, 0.25) is 5.91 Å². The van der Waals surface area contributed by atoms with Gasteiger partial charge < -0.3 is 10.6 Å². The van der Waals surface area contributed by atoms with Crippen LogP contribution in [0.3, 0.4) is 0 Å². The van der Waals surface area contributed by atoms with E-state index in [9.17, 15) is 22.0 Å². The molecule has 0 fully saturated rings. The number of nitrogens with one attached hydrogen (secondary N) is 2. The van der Waals surface area contributed by atoms with E-state index in [1.54, 1.807) is 42.5 Å². The number of carbonyl (C=O) groups is 1. The fraction of sp³-hybridized carbons (Fsp3) is 0.0952. The van der Waals surface area contributed by atoms with Crippen molar-refractivity contribution in [2.75, 3.05) is 28.5 Å². The molecule has 0 saturated carbocycles. The summed E-state index contributed by atoms with van der Waals surface area (Å²) in [4.78, 5) is 12.1. The molecule has 3 aromatic carbocycles. The summed E-state index contributed by atoms with van der Waals surface area (Å²) in [7, 11) is -2.35. The molecule has 9 heteroatoms. The van der Waals surface area contributed by atoms with E-state index in [4.69, 9.17) is 0 Å². The second-order valence-corrected chi connectivity index (χ2v) is 8.33. The van der Waals surface area contributed by atoms with Crippen molar-refractivity contribution in [3.05, 3.63) is 84.4 Å². The van der Waals surface area contributed by atoms with Gasteiger partial charge in [0.05, 0.1) is 22.8 Å². The Morgan fingerprint density at radius 2 is 1.70 bits per heavy atom. The van der Waals surface area contributed by atoms with E-state index in [1.807, 2.05) is 0 Å². The van der Waals surface area contributed by atoms with Crippen LogP contribution < -0.4 is 14.9 Å². The number of nitrogens with zero attached hydrogens (tertiary/aromatic N) is 1. The third-order valence-corrected chi connectivity index (χ3v) is 6.05. The summed E-state index contributed by atoms with van der Waals surface area (Å²) in [5.41, 5.74) is 0.757. The highest BCUT2D eigenvalue weighted by molar-refractivity contribution is 7.92. The zero-order valence-corrected chi connectivity index (χ0v) is 16.8. The van der Waals surface area contributed by atoms with Crippen LogP contribution in [0, 0.1) is 11.6 Å². The van der Waals surface area contributed by atoms with Gasteiger partial charge in [-0.05, 0) is 42.5 Å². The van der Waals surface area contributed by atoms with Crippen LogP contribution in [0.2, 0.25) is 0 Å². The summed E-state index contributed by atoms with van der Waals surface area (Å²) in [5.74, 6) is -2.21. The standard InChI is InChI=1S/C21H19F2N3O3S/c1-26(17-7-3-2-4-8-17)30(28,29)18-9-5-6-16(13-18)24-14-21(27)25-20-11-10-15(22)12-19(20)23/h2-13,24H,14H2,1H3,(H,25,27). The minimum absolute atomic E-state index is 0.0452. The highest BCUT2D eigenvalue weighted by atomic mass is 32.2. The molecule has 2 N–H and O–H groups in total. The molecular weight excluding hydrogens is 412 g/mol. The molecule has 0 aliphatic rings. The number of amides is 1. The van der Waals surface area contributed by atoms with Crippen LogP contribution in [-0.2, 0) is 14.8 Å². The minimum Gasteiger partial charge on any atom is -0.376 e. The van der Waals surface area contributed by atoms with E-state index in [0.717, 1.165) is 16.4 Å². The molecule has 0 unspecified atom stereocenters. The molecule has 3 aromatic rings. The summed E-state index contributed by atoms with van der Waals surface area (Å²) in [6, 6.07) is 17.4. The zero-order chi connectivity index (χ0) is 21.7. The predicted molar refractivity (Wildman–Crippen MR) is 112 cm³/mol. The Bertz CT molecular complexity index is 1160. The lowest BCUT2D eigenvalue weighted by Gasteiger charge is -2.20. The van der Waals surface area contributed by atoms with Crippen LogP contribution in [0.4, 0.5) is 25.8 Å². The molecule has 156 valence electrons. The van der Waals surface area contributed by atoms with Crippen LogP contribution in [0.1, 0.15) is 0 Å². The van der Waals surface area contributed by atoms with Gasteiger partial charge in [0.1, 0.15) is 11.6 Å². The highest BCUT2D eigenvalue weighted by Crippen LogP contribution is 2.23. The largest absolute Gasteiger partial charge is 0.376 e. The van der Waals surface area contributed by atoms with Crippen LogP contribution in [0.5, 0.6) is 0 Å². The lowest BCUT2D eigenvalue weighted by molar-refractivity contribution is -0.114. The monoisotopic (exact) mass is 431 g/mol. The molecule has 0 aliphatic carbocycles. The zero-order valence-electron chi connectivity index (χ0n) is 16.0. The smallest absolute Gasteiger partial charge is 0.264 e. The maximum Gasteiger partial charge on any atom is 0.264 e. The van der Waals surface area contributed by atoms with Crippen LogP contribution >= 0.6 is 0 Å². The normalized spacial score (nSPS) is 11.0. The van der Waals surface area contributed by atoms with Gasteiger partial charge in [-0.25, -0.2) is 17.2 Å². The Kier molecular flexibility index (Phi) is 6.31.